The Kier molecular flexibility index (Phi) is 15.8. The third-order valence-electron chi connectivity index (χ3n) is 6.91. The fourth-order valence-electron chi connectivity index (χ4n) is 4.66. The van der Waals surface area contributed by atoms with Crippen molar-refractivity contribution in [1.82, 2.24) is 5.32 Å². The molecule has 7 heteroatoms. The lowest BCUT2D eigenvalue weighted by Gasteiger charge is -2.12. The van der Waals surface area contributed by atoms with Crippen LogP contribution in [0.25, 0.3) is 0 Å². The Bertz CT molecular complexity index is 898. The molecule has 7 nitrogen and oxygen atoms in total. The van der Waals surface area contributed by atoms with Crippen molar-refractivity contribution >= 4 is 29.3 Å². The molecule has 0 aromatic heterocycles. The third-order valence-corrected chi connectivity index (χ3v) is 6.91. The number of unbranched alkanes of at least 4 members (excludes halogenated alkanes) is 12. The van der Waals surface area contributed by atoms with Crippen molar-refractivity contribution in [3.63, 3.8) is 0 Å². The summed E-state index contributed by atoms with van der Waals surface area (Å²) >= 11 is 0. The van der Waals surface area contributed by atoms with E-state index in [-0.39, 0.29) is 24.6 Å². The van der Waals surface area contributed by atoms with Gasteiger partial charge in [0.15, 0.2) is 0 Å². The van der Waals surface area contributed by atoms with E-state index in [1.807, 2.05) is 6.07 Å². The summed E-state index contributed by atoms with van der Waals surface area (Å²) in [4.78, 5) is 36.3. The predicted molar refractivity (Wildman–Crippen MR) is 154 cm³/mol. The number of carbonyl (C=O) groups is 3. The normalized spacial score (nSPS) is 14.2. The summed E-state index contributed by atoms with van der Waals surface area (Å²) in [5, 5.41) is 17.6. The lowest BCUT2D eigenvalue weighted by molar-refractivity contribution is -0.144. The molecule has 0 spiro atoms. The highest BCUT2D eigenvalue weighted by Crippen LogP contribution is 2.20. The number of allylic oxidation sites excluding steroid dienone is 2. The number of hydrazone groups is 1. The molecule has 1 aliphatic rings. The van der Waals surface area contributed by atoms with E-state index in [9.17, 15) is 19.5 Å². The summed E-state index contributed by atoms with van der Waals surface area (Å²) in [6.07, 6.45) is 21.9. The Morgan fingerprint density at radius 2 is 1.50 bits per heavy atom. The fraction of sp³-hybridized carbons (Fsp3) is 0.613. The number of carbonyl (C=O) groups excluding carboxylic acids is 2. The van der Waals surface area contributed by atoms with Gasteiger partial charge in [0.2, 0.25) is 5.91 Å². The minimum absolute atomic E-state index is 0.00891. The smallest absolute Gasteiger partial charge is 0.307 e. The lowest BCUT2D eigenvalue weighted by atomic mass is 9.97. The van der Waals surface area contributed by atoms with Gasteiger partial charge in [0.05, 0.1) is 18.0 Å². The monoisotopic (exact) mass is 525 g/mol. The summed E-state index contributed by atoms with van der Waals surface area (Å²) in [6.45, 7) is 2.26. The fourth-order valence-corrected chi connectivity index (χ4v) is 4.66. The highest BCUT2D eigenvalue weighted by atomic mass is 16.4. The molecule has 0 fully saturated rings. The van der Waals surface area contributed by atoms with Crippen molar-refractivity contribution < 1.29 is 19.5 Å². The third kappa shape index (κ3) is 13.0. The van der Waals surface area contributed by atoms with Crippen molar-refractivity contribution in [3.05, 3.63) is 42.5 Å². The van der Waals surface area contributed by atoms with E-state index in [4.69, 9.17) is 0 Å². The van der Waals surface area contributed by atoms with E-state index in [1.54, 1.807) is 24.3 Å². The van der Waals surface area contributed by atoms with Gasteiger partial charge < -0.3 is 10.4 Å². The van der Waals surface area contributed by atoms with Crippen molar-refractivity contribution in [2.75, 3.05) is 5.01 Å². The van der Waals surface area contributed by atoms with Crippen molar-refractivity contribution in [3.8, 4) is 0 Å². The molecular formula is C31H47N3O4. The second kappa shape index (κ2) is 19.2. The number of benzene rings is 1. The number of anilines is 1. The maximum atomic E-state index is 12.4. The van der Waals surface area contributed by atoms with Crippen molar-refractivity contribution in [2.45, 2.75) is 116 Å². The lowest BCUT2D eigenvalue weighted by Crippen LogP contribution is -2.32. The number of para-hydroxylation sites is 1. The molecule has 1 aromatic carbocycles. The van der Waals surface area contributed by atoms with Crippen LogP contribution in [-0.4, -0.2) is 28.7 Å². The molecule has 0 bridgehead atoms. The number of rotatable bonds is 20. The first-order valence-electron chi connectivity index (χ1n) is 14.6. The van der Waals surface area contributed by atoms with Gasteiger partial charge in [-0.3, -0.25) is 14.4 Å². The highest BCUT2D eigenvalue weighted by molar-refractivity contribution is 6.15. The summed E-state index contributed by atoms with van der Waals surface area (Å²) in [5.41, 5.74) is 0.628. The van der Waals surface area contributed by atoms with Crippen molar-refractivity contribution in [1.29, 1.82) is 0 Å². The molecule has 0 aliphatic carbocycles. The van der Waals surface area contributed by atoms with E-state index in [2.05, 4.69) is 29.5 Å². The maximum Gasteiger partial charge on any atom is 0.307 e. The van der Waals surface area contributed by atoms with Crippen LogP contribution in [0.5, 0.6) is 0 Å². The molecule has 1 aromatic rings. The van der Waals surface area contributed by atoms with Gasteiger partial charge in [-0.1, -0.05) is 101 Å². The second-order valence-electron chi connectivity index (χ2n) is 10.3. The van der Waals surface area contributed by atoms with Crippen LogP contribution in [0.2, 0.25) is 0 Å². The number of nitrogens with zero attached hydrogens (tertiary/aromatic N) is 2. The van der Waals surface area contributed by atoms with Crippen LogP contribution in [0.1, 0.15) is 116 Å². The van der Waals surface area contributed by atoms with Crippen LogP contribution >= 0.6 is 0 Å². The Balaban J connectivity index is 1.54. The molecule has 210 valence electrons. The molecule has 0 radical (unpaired) electrons. The van der Waals surface area contributed by atoms with Crippen LogP contribution in [0, 0.1) is 5.92 Å². The van der Waals surface area contributed by atoms with Gasteiger partial charge in [0.1, 0.15) is 5.84 Å². The number of aliphatic carboxylic acids is 1. The summed E-state index contributed by atoms with van der Waals surface area (Å²) < 4.78 is 0. The predicted octanol–water partition coefficient (Wildman–Crippen LogP) is 7.37. The highest BCUT2D eigenvalue weighted by Gasteiger charge is 2.28. The molecule has 0 unspecified atom stereocenters. The van der Waals surface area contributed by atoms with Gasteiger partial charge >= 0.3 is 5.97 Å². The second-order valence-corrected chi connectivity index (χ2v) is 10.3. The van der Waals surface area contributed by atoms with Gasteiger partial charge in [-0.05, 0) is 44.2 Å². The maximum absolute atomic E-state index is 12.4. The standard InChI is InChI=1S/C31H47N3O4/c1-2-3-4-5-6-7-8-9-10-11-12-13-14-15-16-18-21-26(31(37)38)24-29(35)32-28-25-30(36)34(33-28)27-22-19-17-20-23-27/h12-13,17,19-20,22-23,26H,2-11,14-16,18,21,24-25H2,1H3,(H,37,38)(H,32,33,35)/b13-12+/t26-/m0/s1. The average Bonchev–Trinajstić information content (AvgIpc) is 3.27. The Labute approximate surface area is 228 Å². The molecule has 2 rings (SSSR count). The average molecular weight is 526 g/mol. The van der Waals surface area contributed by atoms with Gasteiger partial charge in [-0.25, -0.2) is 0 Å². The van der Waals surface area contributed by atoms with E-state index < -0.39 is 17.8 Å². The quantitative estimate of drug-likeness (QED) is 0.137. The van der Waals surface area contributed by atoms with Gasteiger partial charge in [0.25, 0.3) is 5.91 Å². The van der Waals surface area contributed by atoms with E-state index >= 15 is 0 Å². The molecule has 1 aliphatic heterocycles. The zero-order valence-corrected chi connectivity index (χ0v) is 23.2. The number of hydrogen-bond acceptors (Lipinski definition) is 4. The molecule has 0 saturated carbocycles. The zero-order valence-electron chi connectivity index (χ0n) is 23.2. The van der Waals surface area contributed by atoms with Crippen LogP contribution in [-0.2, 0) is 14.4 Å². The van der Waals surface area contributed by atoms with Crippen LogP contribution < -0.4 is 10.3 Å². The van der Waals surface area contributed by atoms with Crippen LogP contribution in [0.15, 0.2) is 47.6 Å². The first-order chi connectivity index (χ1) is 18.5. The number of carboxylic acid groups (broad SMARTS) is 1. The molecule has 1 atom stereocenters. The molecular weight excluding hydrogens is 478 g/mol. The first kappa shape index (κ1) is 31.3. The summed E-state index contributed by atoms with van der Waals surface area (Å²) in [6, 6.07) is 8.99. The van der Waals surface area contributed by atoms with Crippen LogP contribution in [0.4, 0.5) is 5.69 Å². The Morgan fingerprint density at radius 1 is 0.921 bits per heavy atom. The van der Waals surface area contributed by atoms with Gasteiger partial charge in [-0.15, -0.1) is 0 Å². The molecule has 2 N–H and O–H groups in total. The molecule has 0 saturated heterocycles. The molecule has 1 heterocycles. The number of amides is 2. The topological polar surface area (TPSA) is 99.1 Å². The minimum Gasteiger partial charge on any atom is -0.481 e. The van der Waals surface area contributed by atoms with E-state index in [1.165, 1.54) is 62.8 Å². The van der Waals surface area contributed by atoms with Crippen LogP contribution in [0.3, 0.4) is 0 Å². The largest absolute Gasteiger partial charge is 0.481 e. The number of carboxylic acids is 1. The van der Waals surface area contributed by atoms with Crippen molar-refractivity contribution in [2.24, 2.45) is 11.0 Å². The zero-order chi connectivity index (χ0) is 27.4. The van der Waals surface area contributed by atoms with E-state index in [0.29, 0.717) is 12.1 Å². The first-order valence-corrected chi connectivity index (χ1v) is 14.6. The SMILES string of the molecule is CCCCCCCCCCC/C=C/CCCCC[C@@H](CC(=O)NC1=NN(c2ccccc2)C(=O)C1)C(=O)O. The Morgan fingerprint density at radius 3 is 2.11 bits per heavy atom. The van der Waals surface area contributed by atoms with Gasteiger partial charge in [-0.2, -0.15) is 10.1 Å². The number of nitrogens with one attached hydrogen (secondary N) is 1. The summed E-state index contributed by atoms with van der Waals surface area (Å²) in [5.74, 6) is -2.10. The Hall–Kier alpha value is -2.96. The minimum atomic E-state index is -0.962. The number of amidine groups is 1. The number of hydrogen-bond donors (Lipinski definition) is 2. The van der Waals surface area contributed by atoms with E-state index in [0.717, 1.165) is 32.1 Å². The molecule has 38 heavy (non-hydrogen) atoms. The summed E-state index contributed by atoms with van der Waals surface area (Å²) in [7, 11) is 0. The molecule has 2 amide bonds. The van der Waals surface area contributed by atoms with Gasteiger partial charge in [0, 0.05) is 6.42 Å².